The fourth-order valence-electron chi connectivity index (χ4n) is 1.59. The van der Waals surface area contributed by atoms with Gasteiger partial charge in [0.15, 0.2) is 0 Å². The normalized spacial score (nSPS) is 11.5. The van der Waals surface area contributed by atoms with Crippen molar-refractivity contribution in [3.05, 3.63) is 68.7 Å². The second-order valence-electron chi connectivity index (χ2n) is 4.12. The van der Waals surface area contributed by atoms with Crippen LogP contribution in [0.3, 0.4) is 0 Å². The minimum absolute atomic E-state index is 0.0374. The summed E-state index contributed by atoms with van der Waals surface area (Å²) in [6.45, 7) is 0. The highest BCUT2D eigenvalue weighted by molar-refractivity contribution is 9.10. The minimum Gasteiger partial charge on any atom is -0.258 e. The Morgan fingerprint density at radius 1 is 1.14 bits per heavy atom. The van der Waals surface area contributed by atoms with Gasteiger partial charge < -0.3 is 0 Å². The number of nitrogens with zero attached hydrogens (tertiary/aromatic N) is 2. The van der Waals surface area contributed by atoms with Crippen molar-refractivity contribution >= 4 is 37.9 Å². The lowest BCUT2D eigenvalue weighted by Crippen LogP contribution is -2.18. The molecule has 0 atom stereocenters. The number of para-hydroxylation sites is 1. The number of nitro groups is 1. The number of rotatable bonds is 5. The summed E-state index contributed by atoms with van der Waals surface area (Å²) < 4.78 is 24.7. The largest absolute Gasteiger partial charge is 0.278 e. The van der Waals surface area contributed by atoms with Crippen molar-refractivity contribution in [3.8, 4) is 0 Å². The Kier molecular flexibility index (Phi) is 4.88. The van der Waals surface area contributed by atoms with Crippen LogP contribution in [0.1, 0.15) is 5.56 Å². The van der Waals surface area contributed by atoms with E-state index in [0.29, 0.717) is 0 Å². The standard InChI is InChI=1S/C13H10BrN3O4S/c14-11-5-7-12(8-6-11)22(20,21)16-15-9-10-3-1-2-4-13(10)17(18)19/h1-9,16H/b15-9+. The number of nitro benzene ring substituents is 1. The lowest BCUT2D eigenvalue weighted by atomic mass is 10.2. The first-order chi connectivity index (χ1) is 10.4. The van der Waals surface area contributed by atoms with E-state index in [-0.39, 0.29) is 16.1 Å². The van der Waals surface area contributed by atoms with Gasteiger partial charge in [-0.2, -0.15) is 13.5 Å². The summed E-state index contributed by atoms with van der Waals surface area (Å²) in [6, 6.07) is 11.9. The van der Waals surface area contributed by atoms with E-state index in [1.54, 1.807) is 18.2 Å². The molecule has 0 fully saturated rings. The molecule has 0 unspecified atom stereocenters. The fourth-order valence-corrected chi connectivity index (χ4v) is 2.65. The van der Waals surface area contributed by atoms with Crippen LogP contribution in [0.5, 0.6) is 0 Å². The van der Waals surface area contributed by atoms with E-state index >= 15 is 0 Å². The van der Waals surface area contributed by atoms with E-state index in [4.69, 9.17) is 0 Å². The Bertz CT molecular complexity index is 819. The first kappa shape index (κ1) is 16.1. The van der Waals surface area contributed by atoms with Crippen LogP contribution < -0.4 is 4.83 Å². The Balaban J connectivity index is 2.19. The number of hydrogen-bond donors (Lipinski definition) is 1. The Labute approximate surface area is 135 Å². The molecule has 0 heterocycles. The van der Waals surface area contributed by atoms with Crippen molar-refractivity contribution in [2.45, 2.75) is 4.90 Å². The minimum atomic E-state index is -3.82. The van der Waals surface area contributed by atoms with Crippen molar-refractivity contribution in [3.63, 3.8) is 0 Å². The van der Waals surface area contributed by atoms with E-state index in [9.17, 15) is 18.5 Å². The van der Waals surface area contributed by atoms with Crippen LogP contribution >= 0.6 is 15.9 Å². The zero-order valence-corrected chi connectivity index (χ0v) is 13.4. The summed E-state index contributed by atoms with van der Waals surface area (Å²) >= 11 is 3.21. The molecular weight excluding hydrogens is 374 g/mol. The van der Waals surface area contributed by atoms with Gasteiger partial charge in [-0.15, -0.1) is 0 Å². The smallest absolute Gasteiger partial charge is 0.258 e. The van der Waals surface area contributed by atoms with Crippen LogP contribution in [0.4, 0.5) is 5.69 Å². The zero-order valence-electron chi connectivity index (χ0n) is 11.0. The van der Waals surface area contributed by atoms with Crippen molar-refractivity contribution < 1.29 is 13.3 Å². The van der Waals surface area contributed by atoms with Gasteiger partial charge in [0.05, 0.1) is 21.6 Å². The average molecular weight is 384 g/mol. The van der Waals surface area contributed by atoms with Crippen LogP contribution in [-0.2, 0) is 10.0 Å². The third-order valence-electron chi connectivity index (χ3n) is 2.63. The Hall–Kier alpha value is -2.26. The van der Waals surface area contributed by atoms with Gasteiger partial charge in [-0.05, 0) is 30.3 Å². The third-order valence-corrected chi connectivity index (χ3v) is 4.40. The van der Waals surface area contributed by atoms with E-state index in [1.165, 1.54) is 30.3 Å². The number of hydrogen-bond acceptors (Lipinski definition) is 5. The molecule has 0 aromatic heterocycles. The summed E-state index contributed by atoms with van der Waals surface area (Å²) in [5.41, 5.74) is 0.0418. The molecule has 2 aromatic rings. The predicted octanol–water partition coefficient (Wildman–Crippen LogP) is 2.67. The molecule has 2 aromatic carbocycles. The number of halogens is 1. The molecule has 1 N–H and O–H groups in total. The average Bonchev–Trinajstić information content (AvgIpc) is 2.48. The van der Waals surface area contributed by atoms with Crippen molar-refractivity contribution in [1.82, 2.24) is 4.83 Å². The molecule has 2 rings (SSSR count). The summed E-state index contributed by atoms with van der Waals surface area (Å²) in [4.78, 5) is 12.3. The molecule has 0 bridgehead atoms. The quantitative estimate of drug-likeness (QED) is 0.486. The van der Waals surface area contributed by atoms with Crippen molar-refractivity contribution in [2.75, 3.05) is 0 Å². The SMILES string of the molecule is O=[N+]([O-])c1ccccc1/C=N/NS(=O)(=O)c1ccc(Br)cc1. The van der Waals surface area contributed by atoms with Gasteiger partial charge in [0.25, 0.3) is 15.7 Å². The van der Waals surface area contributed by atoms with Gasteiger partial charge >= 0.3 is 0 Å². The molecule has 9 heteroatoms. The monoisotopic (exact) mass is 383 g/mol. The molecule has 0 aliphatic carbocycles. The lowest BCUT2D eigenvalue weighted by molar-refractivity contribution is -0.385. The topological polar surface area (TPSA) is 102 Å². The van der Waals surface area contributed by atoms with Gasteiger partial charge in [0, 0.05) is 10.5 Å². The van der Waals surface area contributed by atoms with Gasteiger partial charge in [-0.3, -0.25) is 10.1 Å². The first-order valence-electron chi connectivity index (χ1n) is 5.94. The fraction of sp³-hybridized carbons (Fsp3) is 0. The van der Waals surface area contributed by atoms with Gasteiger partial charge in [-0.1, -0.05) is 28.1 Å². The van der Waals surface area contributed by atoms with Crippen LogP contribution in [0.2, 0.25) is 0 Å². The predicted molar refractivity (Wildman–Crippen MR) is 85.2 cm³/mol. The zero-order chi connectivity index (χ0) is 16.2. The maximum absolute atomic E-state index is 12.0. The number of sulfonamides is 1. The second kappa shape index (κ2) is 6.67. The maximum atomic E-state index is 12.0. The summed E-state index contributed by atoms with van der Waals surface area (Å²) in [5.74, 6) is 0. The molecule has 0 radical (unpaired) electrons. The molecule has 114 valence electrons. The van der Waals surface area contributed by atoms with E-state index < -0.39 is 14.9 Å². The summed E-state index contributed by atoms with van der Waals surface area (Å²) in [7, 11) is -3.82. The number of hydrazone groups is 1. The van der Waals surface area contributed by atoms with Crippen LogP contribution in [0.25, 0.3) is 0 Å². The Morgan fingerprint density at radius 3 is 2.41 bits per heavy atom. The lowest BCUT2D eigenvalue weighted by Gasteiger charge is -2.03. The molecule has 0 spiro atoms. The van der Waals surface area contributed by atoms with Crippen LogP contribution in [-0.4, -0.2) is 19.6 Å². The first-order valence-corrected chi connectivity index (χ1v) is 8.21. The number of benzene rings is 2. The maximum Gasteiger partial charge on any atom is 0.278 e. The molecule has 0 aliphatic heterocycles. The van der Waals surface area contributed by atoms with Crippen LogP contribution in [0, 0.1) is 10.1 Å². The van der Waals surface area contributed by atoms with Gasteiger partial charge in [0.2, 0.25) is 0 Å². The molecular formula is C13H10BrN3O4S. The molecule has 0 saturated carbocycles. The highest BCUT2D eigenvalue weighted by atomic mass is 79.9. The van der Waals surface area contributed by atoms with Crippen LogP contribution in [0.15, 0.2) is 63.0 Å². The van der Waals surface area contributed by atoms with E-state index in [1.807, 2.05) is 4.83 Å². The van der Waals surface area contributed by atoms with Gasteiger partial charge in [-0.25, -0.2) is 4.83 Å². The highest BCUT2D eigenvalue weighted by Crippen LogP contribution is 2.16. The third kappa shape index (κ3) is 3.89. The van der Waals surface area contributed by atoms with Gasteiger partial charge in [0.1, 0.15) is 0 Å². The summed E-state index contributed by atoms with van der Waals surface area (Å²) in [6.07, 6.45) is 1.09. The second-order valence-corrected chi connectivity index (χ2v) is 6.70. The van der Waals surface area contributed by atoms with E-state index in [2.05, 4.69) is 21.0 Å². The molecule has 7 nitrogen and oxygen atoms in total. The van der Waals surface area contributed by atoms with Crippen molar-refractivity contribution in [2.24, 2.45) is 5.10 Å². The Morgan fingerprint density at radius 2 is 1.77 bits per heavy atom. The van der Waals surface area contributed by atoms with Crippen molar-refractivity contribution in [1.29, 1.82) is 0 Å². The molecule has 0 amide bonds. The van der Waals surface area contributed by atoms with E-state index in [0.717, 1.165) is 10.7 Å². The molecule has 0 saturated heterocycles. The number of nitrogens with one attached hydrogen (secondary N) is 1. The highest BCUT2D eigenvalue weighted by Gasteiger charge is 2.13. The summed E-state index contributed by atoms with van der Waals surface area (Å²) in [5, 5.41) is 14.4. The molecule has 0 aliphatic rings. The molecule has 22 heavy (non-hydrogen) atoms.